The van der Waals surface area contributed by atoms with Gasteiger partial charge in [-0.05, 0) is 12.1 Å². The Hall–Kier alpha value is -1.77. The van der Waals surface area contributed by atoms with Gasteiger partial charge in [0.1, 0.15) is 5.52 Å². The van der Waals surface area contributed by atoms with E-state index in [1.54, 1.807) is 13.3 Å². The van der Waals surface area contributed by atoms with Crippen molar-refractivity contribution in [1.82, 2.24) is 4.98 Å². The van der Waals surface area contributed by atoms with Crippen LogP contribution in [0.3, 0.4) is 0 Å². The number of methoxy groups -OCH3 is 1. The predicted molar refractivity (Wildman–Crippen MR) is 52.7 cm³/mol. The molecule has 0 aliphatic carbocycles. The number of rotatable bonds is 1. The summed E-state index contributed by atoms with van der Waals surface area (Å²) in [6, 6.07) is 7.62. The number of aromatic nitrogens is 1. The zero-order chi connectivity index (χ0) is 9.26. The Bertz CT molecular complexity index is 440. The highest BCUT2D eigenvalue weighted by molar-refractivity contribution is 5.89. The maximum Gasteiger partial charge on any atom is 0.167 e. The molecule has 0 saturated carbocycles. The summed E-state index contributed by atoms with van der Waals surface area (Å²) in [6.45, 7) is 0. The van der Waals surface area contributed by atoms with Gasteiger partial charge in [-0.15, -0.1) is 0 Å². The molecule has 13 heavy (non-hydrogen) atoms. The fourth-order valence-electron chi connectivity index (χ4n) is 1.35. The van der Waals surface area contributed by atoms with E-state index in [9.17, 15) is 0 Å². The van der Waals surface area contributed by atoms with Crippen molar-refractivity contribution in [3.05, 3.63) is 30.5 Å². The average Bonchev–Trinajstić information content (AvgIpc) is 2.18. The monoisotopic (exact) mass is 174 g/mol. The molecule has 1 heterocycles. The number of nitrogens with zero attached hydrogens (tertiary/aromatic N) is 1. The molecule has 0 spiro atoms. The number of hydrogen-bond acceptors (Lipinski definition) is 3. The quantitative estimate of drug-likeness (QED) is 0.671. The summed E-state index contributed by atoms with van der Waals surface area (Å²) in [7, 11) is 1.60. The lowest BCUT2D eigenvalue weighted by Gasteiger charge is -2.06. The van der Waals surface area contributed by atoms with Gasteiger partial charge in [0.2, 0.25) is 0 Å². The van der Waals surface area contributed by atoms with E-state index in [0.29, 0.717) is 11.4 Å². The molecular weight excluding hydrogens is 164 g/mol. The molecule has 0 aliphatic heterocycles. The molecule has 0 fully saturated rings. The molecule has 2 rings (SSSR count). The number of nitrogen functional groups attached to an aromatic ring is 1. The molecule has 2 N–H and O–H groups in total. The number of benzene rings is 1. The Kier molecular flexibility index (Phi) is 1.77. The van der Waals surface area contributed by atoms with Crippen LogP contribution in [0.5, 0.6) is 5.75 Å². The zero-order valence-corrected chi connectivity index (χ0v) is 7.32. The summed E-state index contributed by atoms with van der Waals surface area (Å²) in [5.41, 5.74) is 7.16. The van der Waals surface area contributed by atoms with Crippen LogP contribution in [0.2, 0.25) is 0 Å². The van der Waals surface area contributed by atoms with E-state index in [-0.39, 0.29) is 0 Å². The van der Waals surface area contributed by atoms with Crippen LogP contribution in [0.1, 0.15) is 0 Å². The molecule has 1 aromatic carbocycles. The van der Waals surface area contributed by atoms with Gasteiger partial charge in [0.15, 0.2) is 5.75 Å². The zero-order valence-electron chi connectivity index (χ0n) is 7.32. The van der Waals surface area contributed by atoms with Crippen molar-refractivity contribution in [2.75, 3.05) is 12.8 Å². The average molecular weight is 174 g/mol. The molecule has 66 valence electrons. The minimum absolute atomic E-state index is 0.619. The SMILES string of the molecule is COc1c(N)ccc2cccnc12. The van der Waals surface area contributed by atoms with Gasteiger partial charge in [-0.3, -0.25) is 4.98 Å². The van der Waals surface area contributed by atoms with Crippen molar-refractivity contribution in [1.29, 1.82) is 0 Å². The molecule has 0 amide bonds. The molecule has 3 heteroatoms. The number of fused-ring (bicyclic) bond motifs is 1. The van der Waals surface area contributed by atoms with E-state index in [0.717, 1.165) is 10.9 Å². The van der Waals surface area contributed by atoms with Gasteiger partial charge in [-0.1, -0.05) is 12.1 Å². The third kappa shape index (κ3) is 1.18. The van der Waals surface area contributed by atoms with Crippen LogP contribution in [0.4, 0.5) is 5.69 Å². The normalized spacial score (nSPS) is 10.2. The molecule has 1 aromatic heterocycles. The number of nitrogens with two attached hydrogens (primary N) is 1. The number of hydrogen-bond donors (Lipinski definition) is 1. The molecule has 0 aliphatic rings. The van der Waals surface area contributed by atoms with Crippen LogP contribution < -0.4 is 10.5 Å². The third-order valence-electron chi connectivity index (χ3n) is 1.96. The number of ether oxygens (including phenoxy) is 1. The van der Waals surface area contributed by atoms with Crippen molar-refractivity contribution in [2.45, 2.75) is 0 Å². The van der Waals surface area contributed by atoms with Gasteiger partial charge in [0.25, 0.3) is 0 Å². The first-order valence-electron chi connectivity index (χ1n) is 4.00. The lowest BCUT2D eigenvalue weighted by Crippen LogP contribution is -1.94. The first-order chi connectivity index (χ1) is 6.33. The Labute approximate surface area is 76.2 Å². The van der Waals surface area contributed by atoms with Crippen molar-refractivity contribution in [3.63, 3.8) is 0 Å². The van der Waals surface area contributed by atoms with Crippen LogP contribution in [-0.2, 0) is 0 Å². The molecule has 0 radical (unpaired) electrons. The number of anilines is 1. The Morgan fingerprint density at radius 3 is 2.92 bits per heavy atom. The summed E-state index contributed by atoms with van der Waals surface area (Å²) in [6.07, 6.45) is 1.73. The summed E-state index contributed by atoms with van der Waals surface area (Å²) in [4.78, 5) is 4.21. The lowest BCUT2D eigenvalue weighted by molar-refractivity contribution is 0.421. The predicted octanol–water partition coefficient (Wildman–Crippen LogP) is 1.83. The highest BCUT2D eigenvalue weighted by Gasteiger charge is 2.04. The minimum atomic E-state index is 0.619. The lowest BCUT2D eigenvalue weighted by atomic mass is 10.2. The summed E-state index contributed by atoms with van der Waals surface area (Å²) < 4.78 is 5.17. The van der Waals surface area contributed by atoms with E-state index in [1.807, 2.05) is 24.3 Å². The van der Waals surface area contributed by atoms with Crippen molar-refractivity contribution < 1.29 is 4.74 Å². The Balaban J connectivity index is 2.84. The van der Waals surface area contributed by atoms with Crippen LogP contribution in [0, 0.1) is 0 Å². The van der Waals surface area contributed by atoms with Crippen LogP contribution in [0.25, 0.3) is 10.9 Å². The molecule has 0 saturated heterocycles. The largest absolute Gasteiger partial charge is 0.492 e. The topological polar surface area (TPSA) is 48.1 Å². The van der Waals surface area contributed by atoms with Crippen LogP contribution >= 0.6 is 0 Å². The second-order valence-electron chi connectivity index (χ2n) is 2.76. The van der Waals surface area contributed by atoms with E-state index in [2.05, 4.69) is 4.98 Å². The summed E-state index contributed by atoms with van der Waals surface area (Å²) in [5.74, 6) is 0.651. The maximum atomic E-state index is 5.73. The third-order valence-corrected chi connectivity index (χ3v) is 1.96. The fraction of sp³-hybridized carbons (Fsp3) is 0.100. The Morgan fingerprint density at radius 2 is 2.15 bits per heavy atom. The number of pyridine rings is 1. The first-order valence-corrected chi connectivity index (χ1v) is 4.00. The molecule has 0 unspecified atom stereocenters. The van der Waals surface area contributed by atoms with Crippen LogP contribution in [0.15, 0.2) is 30.5 Å². The van der Waals surface area contributed by atoms with Gasteiger partial charge < -0.3 is 10.5 Å². The molecule has 0 bridgehead atoms. The van der Waals surface area contributed by atoms with Crippen molar-refractivity contribution in [3.8, 4) is 5.75 Å². The fourth-order valence-corrected chi connectivity index (χ4v) is 1.35. The van der Waals surface area contributed by atoms with Gasteiger partial charge in [0, 0.05) is 11.6 Å². The molecule has 2 aromatic rings. The second kappa shape index (κ2) is 2.94. The summed E-state index contributed by atoms with van der Waals surface area (Å²) in [5, 5.41) is 1.04. The first kappa shape index (κ1) is 7.86. The van der Waals surface area contributed by atoms with Crippen molar-refractivity contribution >= 4 is 16.6 Å². The molecule has 0 atom stereocenters. The highest BCUT2D eigenvalue weighted by Crippen LogP contribution is 2.29. The highest BCUT2D eigenvalue weighted by atomic mass is 16.5. The van der Waals surface area contributed by atoms with Crippen molar-refractivity contribution in [2.24, 2.45) is 0 Å². The smallest absolute Gasteiger partial charge is 0.167 e. The standard InChI is InChI=1S/C10H10N2O/c1-13-10-8(11)5-4-7-3-2-6-12-9(7)10/h2-6H,11H2,1H3. The van der Waals surface area contributed by atoms with E-state index < -0.39 is 0 Å². The van der Waals surface area contributed by atoms with E-state index in [4.69, 9.17) is 10.5 Å². The summed E-state index contributed by atoms with van der Waals surface area (Å²) >= 11 is 0. The van der Waals surface area contributed by atoms with Gasteiger partial charge in [0.05, 0.1) is 12.8 Å². The minimum Gasteiger partial charge on any atom is -0.492 e. The molecular formula is C10H10N2O. The van der Waals surface area contributed by atoms with Gasteiger partial charge in [-0.25, -0.2) is 0 Å². The Morgan fingerprint density at radius 1 is 1.31 bits per heavy atom. The second-order valence-corrected chi connectivity index (χ2v) is 2.76. The van der Waals surface area contributed by atoms with Gasteiger partial charge >= 0.3 is 0 Å². The molecule has 3 nitrogen and oxygen atoms in total. The maximum absolute atomic E-state index is 5.73. The van der Waals surface area contributed by atoms with E-state index in [1.165, 1.54) is 0 Å². The van der Waals surface area contributed by atoms with Gasteiger partial charge in [-0.2, -0.15) is 0 Å². The van der Waals surface area contributed by atoms with E-state index >= 15 is 0 Å². The van der Waals surface area contributed by atoms with Crippen LogP contribution in [-0.4, -0.2) is 12.1 Å².